The summed E-state index contributed by atoms with van der Waals surface area (Å²) in [6, 6.07) is 48.7. The molecule has 0 saturated heterocycles. The molecule has 0 saturated carbocycles. The summed E-state index contributed by atoms with van der Waals surface area (Å²) < 4.78 is 77.0. The third kappa shape index (κ3) is 5.92. The average molecular weight is 865 g/mol. The van der Waals surface area contributed by atoms with Crippen LogP contribution in [0.25, 0.3) is 139 Å². The Morgan fingerprint density at radius 3 is 1.90 bits per heavy atom. The molecule has 0 spiro atoms. The molecule has 7 nitrogen and oxygen atoms in total. The lowest BCUT2D eigenvalue weighted by Crippen LogP contribution is -2.03. The Kier molecular flexibility index (Phi) is 6.75. The van der Waals surface area contributed by atoms with Crippen LogP contribution >= 0.6 is 0 Å². The predicted octanol–water partition coefficient (Wildman–Crippen LogP) is 15.7. The summed E-state index contributed by atoms with van der Waals surface area (Å²) in [4.78, 5) is 19.7. The minimum absolute atomic E-state index is 0.0492. The average Bonchev–Trinajstić information content (AvgIpc) is 4.14. The lowest BCUT2D eigenvalue weighted by atomic mass is 9.98. The fourth-order valence-electron chi connectivity index (χ4n) is 9.54. The van der Waals surface area contributed by atoms with Crippen LogP contribution in [0.2, 0.25) is 0 Å². The minimum Gasteiger partial charge on any atom is -0.455 e. The quantitative estimate of drug-likeness (QED) is 0.166. The number of hydrogen-bond donors (Lipinski definition) is 0. The molecule has 0 amide bonds. The maximum atomic E-state index is 9.20. The van der Waals surface area contributed by atoms with Gasteiger partial charge in [-0.1, -0.05) is 139 Å². The Morgan fingerprint density at radius 1 is 0.403 bits per heavy atom. The van der Waals surface area contributed by atoms with E-state index in [1.54, 1.807) is 29.1 Å². The van der Waals surface area contributed by atoms with Crippen molar-refractivity contribution in [1.82, 2.24) is 24.5 Å². The molecule has 7 heteroatoms. The fourth-order valence-corrected chi connectivity index (χ4v) is 9.54. The molecular formula is C60H35N5O2. The number of pyridine rings is 1. The zero-order valence-electron chi connectivity index (χ0n) is 42.2. The van der Waals surface area contributed by atoms with E-state index in [1.807, 2.05) is 97.1 Å². The number of furan rings is 2. The molecular weight excluding hydrogens is 823 g/mol. The summed E-state index contributed by atoms with van der Waals surface area (Å²) in [6.45, 7) is 0. The van der Waals surface area contributed by atoms with Gasteiger partial charge in [0.1, 0.15) is 22.3 Å². The number of benzene rings is 9. The molecule has 0 aliphatic rings. The molecule has 5 aromatic heterocycles. The summed E-state index contributed by atoms with van der Waals surface area (Å²) in [6.07, 6.45) is 3.53. The van der Waals surface area contributed by atoms with Crippen LogP contribution in [0.3, 0.4) is 0 Å². The van der Waals surface area contributed by atoms with E-state index in [9.17, 15) is 2.74 Å². The summed E-state index contributed by atoms with van der Waals surface area (Å²) in [7, 11) is 0. The first-order valence-corrected chi connectivity index (χ1v) is 21.8. The number of rotatable bonds is 6. The number of hydrogen-bond acceptors (Lipinski definition) is 6. The lowest BCUT2D eigenvalue weighted by Gasteiger charge is -2.15. The second-order valence-corrected chi connectivity index (χ2v) is 16.5. The molecule has 5 heterocycles. The molecule has 0 atom stereocenters. The minimum atomic E-state index is -0.477. The van der Waals surface area contributed by atoms with Gasteiger partial charge in [-0.3, -0.25) is 4.98 Å². The Labute approximate surface area is 392 Å². The summed E-state index contributed by atoms with van der Waals surface area (Å²) in [5.74, 6) is 0.977. The maximum Gasteiger partial charge on any atom is 0.166 e. The van der Waals surface area contributed by atoms with Gasteiger partial charge in [0.05, 0.1) is 26.3 Å². The highest BCUT2D eigenvalue weighted by atomic mass is 16.3. The van der Waals surface area contributed by atoms with Gasteiger partial charge in [-0.15, -0.1) is 0 Å². The standard InChI is InChI=1S/C60H35N5O2/c1-5-22-51-44(14-1)45-15-2-6-23-52(45)65(51)53-24-7-3-17-49(53)60-63-58(62-59(64-60)40-26-27-41-35-61-31-30-36(41)32-40)39-13-9-12-37(33-39)42-18-11-21-48-50-34-38(28-29-55(50)67-57(42)48)43-19-10-20-47-46-16-4-8-25-54(46)66-56(43)47/h1-35H/i1D,2D,5D,14D,15D,22D,23D. The zero-order chi connectivity index (χ0) is 50.1. The molecule has 67 heavy (non-hydrogen) atoms. The number of fused-ring (bicyclic) bond motifs is 10. The third-order valence-corrected chi connectivity index (χ3v) is 12.6. The summed E-state index contributed by atoms with van der Waals surface area (Å²) in [5, 5.41) is 6.06. The monoisotopic (exact) mass is 864 g/mol. The Hall–Kier alpha value is -9.20. The van der Waals surface area contributed by atoms with Crippen molar-refractivity contribution in [2.24, 2.45) is 0 Å². The highest BCUT2D eigenvalue weighted by molar-refractivity contribution is 6.14. The number of aromatic nitrogens is 5. The van der Waals surface area contributed by atoms with Crippen molar-refractivity contribution < 1.29 is 18.4 Å². The highest BCUT2D eigenvalue weighted by Crippen LogP contribution is 2.42. The first kappa shape index (κ1) is 30.8. The summed E-state index contributed by atoms with van der Waals surface area (Å²) >= 11 is 0. The topological polar surface area (TPSA) is 82.8 Å². The lowest BCUT2D eigenvalue weighted by molar-refractivity contribution is 0.669. The number of nitrogens with zero attached hydrogens (tertiary/aromatic N) is 5. The van der Waals surface area contributed by atoms with E-state index < -0.39 is 12.1 Å². The van der Waals surface area contributed by atoms with Gasteiger partial charge < -0.3 is 13.4 Å². The predicted molar refractivity (Wildman–Crippen MR) is 271 cm³/mol. The smallest absolute Gasteiger partial charge is 0.166 e. The van der Waals surface area contributed by atoms with Crippen molar-refractivity contribution in [2.45, 2.75) is 0 Å². The first-order chi connectivity index (χ1) is 36.1. The molecule has 14 aromatic rings. The van der Waals surface area contributed by atoms with Crippen LogP contribution in [0, 0.1) is 0 Å². The van der Waals surface area contributed by atoms with Crippen molar-refractivity contribution in [1.29, 1.82) is 0 Å². The van der Waals surface area contributed by atoms with Gasteiger partial charge >= 0.3 is 0 Å². The largest absolute Gasteiger partial charge is 0.455 e. The van der Waals surface area contributed by atoms with Crippen LogP contribution in [-0.4, -0.2) is 24.5 Å². The Balaban J connectivity index is 0.949. The Bertz CT molecular complexity index is 4740. The molecule has 0 bridgehead atoms. The van der Waals surface area contributed by atoms with Crippen LogP contribution in [0.15, 0.2) is 221 Å². The maximum absolute atomic E-state index is 9.20. The van der Waals surface area contributed by atoms with Crippen LogP contribution in [0.5, 0.6) is 0 Å². The summed E-state index contributed by atoms with van der Waals surface area (Å²) in [5.41, 5.74) is 9.37. The van der Waals surface area contributed by atoms with Crippen LogP contribution in [-0.2, 0) is 0 Å². The molecule has 14 rings (SSSR count). The molecule has 0 N–H and O–H groups in total. The van der Waals surface area contributed by atoms with Crippen molar-refractivity contribution >= 4 is 76.5 Å². The first-order valence-electron chi connectivity index (χ1n) is 25.3. The highest BCUT2D eigenvalue weighted by Gasteiger charge is 2.21. The number of para-hydroxylation sites is 6. The Morgan fingerprint density at radius 2 is 1.03 bits per heavy atom. The molecule has 0 fully saturated rings. The molecule has 0 aliphatic heterocycles. The van der Waals surface area contributed by atoms with E-state index in [4.69, 9.17) is 30.6 Å². The van der Waals surface area contributed by atoms with E-state index in [-0.39, 0.29) is 57.8 Å². The molecule has 0 radical (unpaired) electrons. The van der Waals surface area contributed by atoms with E-state index in [1.165, 1.54) is 6.07 Å². The van der Waals surface area contributed by atoms with Gasteiger partial charge in [0.15, 0.2) is 17.5 Å². The van der Waals surface area contributed by atoms with Crippen molar-refractivity contribution in [2.75, 3.05) is 0 Å². The van der Waals surface area contributed by atoms with Crippen LogP contribution in [0.1, 0.15) is 9.60 Å². The second-order valence-electron chi connectivity index (χ2n) is 16.5. The van der Waals surface area contributed by atoms with Crippen molar-refractivity contribution in [3.05, 3.63) is 212 Å². The van der Waals surface area contributed by atoms with Gasteiger partial charge in [-0.2, -0.15) is 0 Å². The zero-order valence-corrected chi connectivity index (χ0v) is 35.2. The van der Waals surface area contributed by atoms with E-state index in [2.05, 4.69) is 47.4 Å². The molecule has 312 valence electrons. The fraction of sp³-hybridized carbons (Fsp3) is 0. The molecule has 0 aliphatic carbocycles. The van der Waals surface area contributed by atoms with Crippen molar-refractivity contribution in [3.63, 3.8) is 0 Å². The van der Waals surface area contributed by atoms with Gasteiger partial charge in [-0.25, -0.2) is 15.0 Å². The van der Waals surface area contributed by atoms with Crippen LogP contribution in [0.4, 0.5) is 0 Å². The molecule has 0 unspecified atom stereocenters. The van der Waals surface area contributed by atoms with Crippen LogP contribution < -0.4 is 0 Å². The van der Waals surface area contributed by atoms with Gasteiger partial charge in [-0.05, 0) is 77.1 Å². The van der Waals surface area contributed by atoms with E-state index in [0.29, 0.717) is 34.0 Å². The van der Waals surface area contributed by atoms with E-state index >= 15 is 0 Å². The third-order valence-electron chi connectivity index (χ3n) is 12.6. The van der Waals surface area contributed by atoms with E-state index in [0.717, 1.165) is 76.9 Å². The second kappa shape index (κ2) is 14.7. The van der Waals surface area contributed by atoms with Gasteiger partial charge in [0.2, 0.25) is 0 Å². The van der Waals surface area contributed by atoms with Gasteiger partial charge in [0.25, 0.3) is 0 Å². The molecule has 9 aromatic carbocycles. The SMILES string of the molecule is [2H]c1cc([2H])c2c(c1[2H])c1c([2H])c([2H])c([2H])c([2H])c1n2-c1ccccc1-c1nc(-c2cccc(-c3cccc4c3oc3ccc(-c5cccc6c5oc5ccccc56)cc34)c2)nc(-c2ccc3cnccc3c2)n1. The van der Waals surface area contributed by atoms with Gasteiger partial charge in [0, 0.05) is 77.9 Å². The van der Waals surface area contributed by atoms with Crippen molar-refractivity contribution in [3.8, 4) is 62.1 Å². The normalized spacial score (nSPS) is 13.3.